The van der Waals surface area contributed by atoms with Crippen LogP contribution in [0.4, 0.5) is 0 Å². The lowest BCUT2D eigenvalue weighted by Crippen LogP contribution is -2.25. The molecule has 0 fully saturated rings. The summed E-state index contributed by atoms with van der Waals surface area (Å²) in [7, 11) is 1.52. The molecule has 0 unspecified atom stereocenters. The predicted molar refractivity (Wildman–Crippen MR) is 71.3 cm³/mol. The third-order valence-electron chi connectivity index (χ3n) is 2.70. The quantitative estimate of drug-likeness (QED) is 0.722. The Bertz CT molecular complexity index is 411. The van der Waals surface area contributed by atoms with Crippen molar-refractivity contribution in [2.24, 2.45) is 10.6 Å². The number of carbonyl (C=O) groups is 1. The topological polar surface area (TPSA) is 47.9 Å². The van der Waals surface area contributed by atoms with Crippen LogP contribution in [-0.4, -0.2) is 25.2 Å². The van der Waals surface area contributed by atoms with Crippen LogP contribution >= 0.6 is 0 Å². The number of ether oxygens (including phenoxy) is 1. The minimum Gasteiger partial charge on any atom is -0.486 e. The predicted octanol–water partition coefficient (Wildman–Crippen LogP) is 2.85. The van der Waals surface area contributed by atoms with Crippen molar-refractivity contribution >= 4 is 11.5 Å². The molecule has 0 saturated heterocycles. The van der Waals surface area contributed by atoms with Crippen molar-refractivity contribution in [3.63, 3.8) is 0 Å². The molecular formula is C14H21NO3. The van der Waals surface area contributed by atoms with Gasteiger partial charge in [-0.25, -0.2) is 0 Å². The summed E-state index contributed by atoms with van der Waals surface area (Å²) in [6.45, 7) is 7.74. The molecule has 1 aliphatic rings. The normalized spacial score (nSPS) is 18.2. The van der Waals surface area contributed by atoms with E-state index in [4.69, 9.17) is 9.57 Å². The molecular weight excluding hydrogens is 230 g/mol. The molecule has 0 aliphatic heterocycles. The summed E-state index contributed by atoms with van der Waals surface area (Å²) < 4.78 is 5.56. The van der Waals surface area contributed by atoms with E-state index >= 15 is 0 Å². The van der Waals surface area contributed by atoms with Gasteiger partial charge in [-0.2, -0.15) is 0 Å². The molecule has 0 heterocycles. The average Bonchev–Trinajstić information content (AvgIpc) is 2.26. The third kappa shape index (κ3) is 4.02. The highest BCUT2D eigenvalue weighted by atomic mass is 16.6. The highest BCUT2D eigenvalue weighted by Crippen LogP contribution is 2.20. The van der Waals surface area contributed by atoms with E-state index in [-0.39, 0.29) is 17.8 Å². The van der Waals surface area contributed by atoms with Crippen molar-refractivity contribution in [2.75, 3.05) is 13.7 Å². The van der Waals surface area contributed by atoms with Gasteiger partial charge in [-0.15, -0.1) is 0 Å². The molecule has 0 amide bonds. The van der Waals surface area contributed by atoms with Crippen LogP contribution in [0.15, 0.2) is 28.6 Å². The van der Waals surface area contributed by atoms with Gasteiger partial charge in [-0.3, -0.25) is 4.79 Å². The summed E-state index contributed by atoms with van der Waals surface area (Å²) in [5, 5.41) is 3.88. The molecule has 100 valence electrons. The molecule has 0 aromatic carbocycles. The Kier molecular flexibility index (Phi) is 4.70. The summed E-state index contributed by atoms with van der Waals surface area (Å²) >= 11 is 0. The molecule has 0 atom stereocenters. The highest BCUT2D eigenvalue weighted by Gasteiger charge is 2.22. The summed E-state index contributed by atoms with van der Waals surface area (Å²) in [6.07, 6.45) is 4.35. The number of hydrogen-bond donors (Lipinski definition) is 0. The van der Waals surface area contributed by atoms with E-state index < -0.39 is 0 Å². The maximum atomic E-state index is 11.8. The van der Waals surface area contributed by atoms with Gasteiger partial charge in [-0.1, -0.05) is 25.9 Å². The van der Waals surface area contributed by atoms with Gasteiger partial charge < -0.3 is 9.57 Å². The second-order valence-corrected chi connectivity index (χ2v) is 5.38. The lowest BCUT2D eigenvalue weighted by atomic mass is 9.91. The molecule has 4 nitrogen and oxygen atoms in total. The van der Waals surface area contributed by atoms with Gasteiger partial charge in [-0.05, 0) is 24.6 Å². The van der Waals surface area contributed by atoms with E-state index in [9.17, 15) is 4.79 Å². The summed E-state index contributed by atoms with van der Waals surface area (Å²) in [4.78, 5) is 16.5. The van der Waals surface area contributed by atoms with E-state index in [0.29, 0.717) is 6.42 Å². The second-order valence-electron chi connectivity index (χ2n) is 5.38. The molecule has 0 bridgehead atoms. The van der Waals surface area contributed by atoms with Crippen molar-refractivity contribution in [1.29, 1.82) is 0 Å². The Morgan fingerprint density at radius 1 is 1.39 bits per heavy atom. The fourth-order valence-electron chi connectivity index (χ4n) is 1.44. The summed E-state index contributed by atoms with van der Waals surface area (Å²) in [5.41, 5.74) is 1.54. The largest absolute Gasteiger partial charge is 0.486 e. The lowest BCUT2D eigenvalue weighted by Gasteiger charge is -2.19. The molecule has 0 N–H and O–H groups in total. The van der Waals surface area contributed by atoms with E-state index in [1.165, 1.54) is 7.11 Å². The molecule has 0 aromatic rings. The number of oxime groups is 1. The van der Waals surface area contributed by atoms with Crippen LogP contribution in [0.25, 0.3) is 0 Å². The van der Waals surface area contributed by atoms with E-state index in [1.54, 1.807) is 0 Å². The van der Waals surface area contributed by atoms with Crippen LogP contribution in [0.5, 0.6) is 0 Å². The van der Waals surface area contributed by atoms with E-state index in [0.717, 1.165) is 17.0 Å². The van der Waals surface area contributed by atoms with Crippen LogP contribution in [0.2, 0.25) is 0 Å². The molecule has 18 heavy (non-hydrogen) atoms. The highest BCUT2D eigenvalue weighted by molar-refractivity contribution is 5.97. The van der Waals surface area contributed by atoms with Crippen molar-refractivity contribution in [2.45, 2.75) is 34.1 Å². The van der Waals surface area contributed by atoms with Gasteiger partial charge in [0.05, 0.1) is 5.71 Å². The molecule has 0 spiro atoms. The Morgan fingerprint density at radius 3 is 2.56 bits per heavy atom. The van der Waals surface area contributed by atoms with Gasteiger partial charge in [0.2, 0.25) is 0 Å². The maximum Gasteiger partial charge on any atom is 0.175 e. The Labute approximate surface area is 108 Å². The Hall–Kier alpha value is -1.58. The van der Waals surface area contributed by atoms with Crippen molar-refractivity contribution in [3.05, 3.63) is 23.5 Å². The first-order chi connectivity index (χ1) is 8.34. The lowest BCUT2D eigenvalue weighted by molar-refractivity contribution is -0.129. The van der Waals surface area contributed by atoms with Crippen LogP contribution in [-0.2, 0) is 14.4 Å². The smallest absolute Gasteiger partial charge is 0.175 e. The summed E-state index contributed by atoms with van der Waals surface area (Å²) in [5.74, 6) is 0.843. The van der Waals surface area contributed by atoms with Crippen molar-refractivity contribution in [1.82, 2.24) is 0 Å². The first-order valence-corrected chi connectivity index (χ1v) is 5.98. The zero-order chi connectivity index (χ0) is 13.8. The van der Waals surface area contributed by atoms with Gasteiger partial charge in [0.1, 0.15) is 19.5 Å². The monoisotopic (exact) mass is 251 g/mol. The maximum absolute atomic E-state index is 11.8. The fraction of sp³-hybridized carbons (Fsp3) is 0.571. The van der Waals surface area contributed by atoms with Crippen molar-refractivity contribution in [3.8, 4) is 0 Å². The first kappa shape index (κ1) is 14.5. The second kappa shape index (κ2) is 5.85. The molecule has 1 aliphatic carbocycles. The number of allylic oxidation sites excluding steroid dienone is 3. The molecule has 0 radical (unpaired) electrons. The number of Topliss-reactive ketones (excluding diaryl/α,β-unsaturated/α-hetero) is 1. The molecule has 0 aromatic heterocycles. The van der Waals surface area contributed by atoms with Gasteiger partial charge in [0.15, 0.2) is 5.78 Å². The van der Waals surface area contributed by atoms with E-state index in [2.05, 4.69) is 5.16 Å². The Morgan fingerprint density at radius 2 is 2.06 bits per heavy atom. The van der Waals surface area contributed by atoms with Crippen LogP contribution in [0.1, 0.15) is 34.1 Å². The first-order valence-electron chi connectivity index (χ1n) is 5.98. The van der Waals surface area contributed by atoms with Crippen LogP contribution in [0.3, 0.4) is 0 Å². The average molecular weight is 251 g/mol. The van der Waals surface area contributed by atoms with E-state index in [1.807, 2.05) is 39.8 Å². The minimum absolute atomic E-state index is 0.0903. The van der Waals surface area contributed by atoms with Gasteiger partial charge in [0.25, 0.3) is 0 Å². The number of carbonyl (C=O) groups excluding carboxylic acids is 1. The van der Waals surface area contributed by atoms with Gasteiger partial charge in [0, 0.05) is 11.8 Å². The van der Waals surface area contributed by atoms with Gasteiger partial charge >= 0.3 is 0 Å². The summed E-state index contributed by atoms with van der Waals surface area (Å²) in [6, 6.07) is 0. The number of ketones is 1. The van der Waals surface area contributed by atoms with Crippen LogP contribution in [0, 0.1) is 5.41 Å². The molecule has 0 saturated carbocycles. The standard InChI is InChI=1S/C14H21NO3/c1-10-8-11(15-17-5)6-7-12(10)18-9-13(16)14(2,3)4/h6-7H,8-9H2,1-5H3. The number of hydrogen-bond acceptors (Lipinski definition) is 4. The fourth-order valence-corrected chi connectivity index (χ4v) is 1.44. The number of nitrogens with zero attached hydrogens (tertiary/aromatic N) is 1. The zero-order valence-electron chi connectivity index (χ0n) is 11.7. The molecule has 1 rings (SSSR count). The van der Waals surface area contributed by atoms with Crippen LogP contribution < -0.4 is 0 Å². The third-order valence-corrected chi connectivity index (χ3v) is 2.70. The van der Waals surface area contributed by atoms with Crippen molar-refractivity contribution < 1.29 is 14.4 Å². The zero-order valence-corrected chi connectivity index (χ0v) is 11.7. The minimum atomic E-state index is -0.366. The Balaban J connectivity index is 2.60. The number of rotatable bonds is 4. The SMILES string of the molecule is CON=C1C=CC(OCC(=O)C(C)(C)C)=C(C)C1. The molecule has 4 heteroatoms.